The van der Waals surface area contributed by atoms with Crippen molar-refractivity contribution >= 4 is 92.0 Å². The highest BCUT2D eigenvalue weighted by molar-refractivity contribution is 8.00. The molecule has 2 aliphatic rings. The van der Waals surface area contributed by atoms with Crippen LogP contribution in [-0.4, -0.2) is 76.1 Å². The summed E-state index contributed by atoms with van der Waals surface area (Å²) in [5.74, 6) is -4.82. The normalized spacial score (nSPS) is 18.1. The Kier molecular flexibility index (Phi) is 9.03. The van der Waals surface area contributed by atoms with Crippen molar-refractivity contribution in [1.29, 1.82) is 5.41 Å². The maximum atomic E-state index is 13.5. The third-order valence-corrected chi connectivity index (χ3v) is 11.4. The molecule has 2 atom stereocenters. The number of carbonyl (C=O) groups is 4. The van der Waals surface area contributed by atoms with E-state index in [0.717, 1.165) is 26.8 Å². The molecular formula is C29H28ClN9O7S3. The van der Waals surface area contributed by atoms with E-state index in [1.165, 1.54) is 36.9 Å². The van der Waals surface area contributed by atoms with Gasteiger partial charge in [0, 0.05) is 28.0 Å². The summed E-state index contributed by atoms with van der Waals surface area (Å²) in [7, 11) is 0. The summed E-state index contributed by atoms with van der Waals surface area (Å²) in [6.07, 6.45) is 5.14. The predicted octanol–water partition coefficient (Wildman–Crippen LogP) is 0.893. The minimum atomic E-state index is -1.80. The molecule has 4 aromatic rings. The molecule has 0 aromatic carbocycles. The number of nitrogens with one attached hydrogen (secondary N) is 1. The smallest absolute Gasteiger partial charge is 0.350 e. The maximum absolute atomic E-state index is 13.5. The quantitative estimate of drug-likeness (QED) is 0.0493. The molecule has 6 N–H and O–H groups in total. The third-order valence-electron chi connectivity index (χ3n) is 7.96. The Bertz CT molecular complexity index is 2110. The number of oxime groups is 1. The molecule has 1 saturated heterocycles. The average Bonchev–Trinajstić information content (AvgIpc) is 3.83. The van der Waals surface area contributed by atoms with E-state index in [4.69, 9.17) is 33.3 Å². The summed E-state index contributed by atoms with van der Waals surface area (Å²) < 4.78 is 5.70. The first-order valence-corrected chi connectivity index (χ1v) is 17.6. The van der Waals surface area contributed by atoms with Gasteiger partial charge in [0.25, 0.3) is 0 Å². The number of anilines is 1. The zero-order valence-electron chi connectivity index (χ0n) is 25.8. The summed E-state index contributed by atoms with van der Waals surface area (Å²) in [6.45, 7) is 3.17. The van der Waals surface area contributed by atoms with Crippen LogP contribution in [0.1, 0.15) is 36.4 Å². The first-order chi connectivity index (χ1) is 23.2. The lowest BCUT2D eigenvalue weighted by Gasteiger charge is -2.50. The number of rotatable bonds is 13. The van der Waals surface area contributed by atoms with Crippen molar-refractivity contribution in [2.75, 3.05) is 11.5 Å². The van der Waals surface area contributed by atoms with Crippen LogP contribution in [0.15, 0.2) is 52.5 Å². The lowest BCUT2D eigenvalue weighted by atomic mass is 9.89. The third kappa shape index (κ3) is 6.41. The second-order valence-corrected chi connectivity index (χ2v) is 15.4. The number of halogens is 1. The van der Waals surface area contributed by atoms with E-state index < -0.39 is 52.7 Å². The number of aromatic nitrogens is 4. The molecule has 2 aliphatic heterocycles. The molecule has 1 fully saturated rings. The van der Waals surface area contributed by atoms with Gasteiger partial charge in [0.15, 0.2) is 22.8 Å². The average molecular weight is 746 g/mol. The number of carboxylic acids is 2. The number of nitrogens with zero attached hydrogens (tertiary/aromatic N) is 6. The van der Waals surface area contributed by atoms with Crippen LogP contribution in [0.4, 0.5) is 5.13 Å². The number of hydrogen-bond donors (Lipinski definition) is 4. The number of carboxylic acid groups (broad SMARTS) is 2. The summed E-state index contributed by atoms with van der Waals surface area (Å²) in [5.41, 5.74) is 10.7. The Morgan fingerprint density at radius 1 is 1.33 bits per heavy atom. The van der Waals surface area contributed by atoms with Crippen LogP contribution in [0.3, 0.4) is 0 Å². The molecule has 20 heteroatoms. The predicted molar refractivity (Wildman–Crippen MR) is 179 cm³/mol. The van der Waals surface area contributed by atoms with E-state index in [0.29, 0.717) is 17.7 Å². The number of amidine groups is 1. The molecule has 0 unspecified atom stereocenters. The van der Waals surface area contributed by atoms with Crippen molar-refractivity contribution in [2.45, 2.75) is 44.3 Å². The number of aliphatic carboxylic acids is 2. The molecule has 49 heavy (non-hydrogen) atoms. The maximum Gasteiger partial charge on any atom is 0.350 e. The standard InChI is InChI=1S/C29H28ClN9O7S3/c1-29(2,27(44)45)46-35-19(20-22(30)49-28(33)34-20)17(40)8-16-24(41)39-21(26(42)43)14(12-48-25(16)39)9-37-4-3-18-36(5-6-38(18)37)10-15-7-13(11-47-15)23(31)32/h3-7,11,16,25H,8-10,12H2,1-2H3,(H6-,31,32,33,34,42,43,44,45)/b35-19+/t16-,25-/m1/s1. The minimum Gasteiger partial charge on any atom is -0.543 e. The van der Waals surface area contributed by atoms with Gasteiger partial charge in [-0.15, -0.1) is 27.6 Å². The van der Waals surface area contributed by atoms with Crippen molar-refractivity contribution in [3.8, 4) is 0 Å². The van der Waals surface area contributed by atoms with Gasteiger partial charge in [-0.2, -0.15) is 0 Å². The van der Waals surface area contributed by atoms with Crippen molar-refractivity contribution in [3.05, 3.63) is 67.8 Å². The number of β-lactam (4-membered cyclic amide) rings is 1. The molecule has 0 bridgehead atoms. The molecule has 6 rings (SSSR count). The monoisotopic (exact) mass is 745 g/mol. The number of thioether (sulfide) groups is 1. The van der Waals surface area contributed by atoms with Gasteiger partial charge in [-0.1, -0.05) is 28.1 Å². The lowest BCUT2D eigenvalue weighted by Crippen LogP contribution is -2.63. The fourth-order valence-corrected chi connectivity index (χ4v) is 8.60. The molecule has 0 saturated carbocycles. The van der Waals surface area contributed by atoms with Gasteiger partial charge in [-0.25, -0.2) is 19.0 Å². The number of nitrogen functional groups attached to an aromatic ring is 2. The molecular weight excluding hydrogens is 718 g/mol. The van der Waals surface area contributed by atoms with Gasteiger partial charge in [0.05, 0.1) is 41.8 Å². The number of nitrogens with two attached hydrogens (primary N) is 2. The highest BCUT2D eigenvalue weighted by Crippen LogP contribution is 2.45. The first kappa shape index (κ1) is 34.2. The van der Waals surface area contributed by atoms with Crippen LogP contribution >= 0.6 is 46.0 Å². The summed E-state index contributed by atoms with van der Waals surface area (Å²) in [4.78, 5) is 62.3. The molecule has 4 aromatic heterocycles. The van der Waals surface area contributed by atoms with Crippen LogP contribution < -0.4 is 21.1 Å². The topological polar surface area (TPSA) is 238 Å². The molecule has 1 amide bonds. The number of imidazole rings is 1. The Labute approximate surface area is 294 Å². The molecule has 256 valence electrons. The number of thiophene rings is 1. The highest BCUT2D eigenvalue weighted by Gasteiger charge is 2.53. The number of amides is 1. The van der Waals surface area contributed by atoms with Gasteiger partial charge in [0.1, 0.15) is 28.6 Å². The van der Waals surface area contributed by atoms with E-state index in [9.17, 15) is 29.4 Å². The summed E-state index contributed by atoms with van der Waals surface area (Å²) >= 11 is 9.91. The highest BCUT2D eigenvalue weighted by atomic mass is 35.5. The van der Waals surface area contributed by atoms with Crippen LogP contribution in [0.25, 0.3) is 5.65 Å². The SMILES string of the molecule is CC(C)(O/N=C(\C(=O)C[C@@H]1C(=O)N2C(C(=O)[O-])=C(Cn3ccc4n3cc[n+]4Cc3cc(C(=N)N)cs3)CS[C@H]12)c1nc(N)sc1Cl)C(=O)O. The van der Waals surface area contributed by atoms with Crippen molar-refractivity contribution in [2.24, 2.45) is 16.8 Å². The second-order valence-electron chi connectivity index (χ2n) is 11.7. The Morgan fingerprint density at radius 2 is 2.08 bits per heavy atom. The lowest BCUT2D eigenvalue weighted by molar-refractivity contribution is -0.661. The van der Waals surface area contributed by atoms with Gasteiger partial charge in [0.2, 0.25) is 11.5 Å². The summed E-state index contributed by atoms with van der Waals surface area (Å²) in [6, 6.07) is 3.75. The molecule has 0 spiro atoms. The number of fused-ring (bicyclic) bond motifs is 2. The number of thiazole rings is 1. The Hall–Kier alpha value is -4.72. The van der Waals surface area contributed by atoms with Crippen molar-refractivity contribution in [1.82, 2.24) is 19.1 Å². The number of carbonyl (C=O) groups excluding carboxylic acids is 3. The number of Topliss-reactive ketones (excluding diaryl/α,β-unsaturated/α-hetero) is 1. The summed E-state index contributed by atoms with van der Waals surface area (Å²) in [5, 5.41) is 34.5. The van der Waals surface area contributed by atoms with E-state index in [2.05, 4.69) is 10.1 Å². The first-order valence-electron chi connectivity index (χ1n) is 14.5. The molecule has 0 aliphatic carbocycles. The van der Waals surface area contributed by atoms with Gasteiger partial charge >= 0.3 is 11.6 Å². The van der Waals surface area contributed by atoms with Crippen LogP contribution in [0, 0.1) is 11.3 Å². The zero-order valence-corrected chi connectivity index (χ0v) is 29.0. The largest absolute Gasteiger partial charge is 0.543 e. The van der Waals surface area contributed by atoms with Crippen LogP contribution in [0.5, 0.6) is 0 Å². The van der Waals surface area contributed by atoms with E-state index in [1.54, 1.807) is 0 Å². The fraction of sp³-hybridized carbons (Fsp3) is 0.310. The van der Waals surface area contributed by atoms with Crippen LogP contribution in [-0.2, 0) is 37.1 Å². The molecule has 16 nitrogen and oxygen atoms in total. The number of hydrogen-bond acceptors (Lipinski definition) is 13. The second kappa shape index (κ2) is 13.0. The van der Waals surface area contributed by atoms with E-state index >= 15 is 0 Å². The van der Waals surface area contributed by atoms with Crippen molar-refractivity contribution < 1.29 is 38.8 Å². The van der Waals surface area contributed by atoms with E-state index in [-0.39, 0.29) is 39.0 Å². The molecule has 6 heterocycles. The van der Waals surface area contributed by atoms with Crippen molar-refractivity contribution in [3.63, 3.8) is 0 Å². The van der Waals surface area contributed by atoms with E-state index in [1.807, 2.05) is 49.9 Å². The minimum absolute atomic E-state index is 0.000313. The zero-order chi connectivity index (χ0) is 35.4. The Morgan fingerprint density at radius 3 is 2.71 bits per heavy atom. The van der Waals surface area contributed by atoms with Gasteiger partial charge < -0.3 is 31.3 Å². The van der Waals surface area contributed by atoms with Gasteiger partial charge in [-0.05, 0) is 25.5 Å². The fourth-order valence-electron chi connectivity index (χ4n) is 5.39. The van der Waals surface area contributed by atoms with Gasteiger partial charge in [-0.3, -0.25) is 19.9 Å². The molecule has 0 radical (unpaired) electrons. The Balaban J connectivity index is 1.21. The number of ketones is 1. The van der Waals surface area contributed by atoms with Crippen LogP contribution in [0.2, 0.25) is 4.34 Å².